The quantitative estimate of drug-likeness (QED) is 0.395. The first-order chi connectivity index (χ1) is 21.9. The van der Waals surface area contributed by atoms with Gasteiger partial charge in [0.1, 0.15) is 22.8 Å². The van der Waals surface area contributed by atoms with Gasteiger partial charge in [0, 0.05) is 63.5 Å². The molecular weight excluding hydrogens is 588 g/mol. The average molecular weight is 633 g/mol. The van der Waals surface area contributed by atoms with Gasteiger partial charge in [0.2, 0.25) is 5.95 Å². The number of rotatable bonds is 5. The molecule has 6 rings (SSSR count). The zero-order valence-corrected chi connectivity index (χ0v) is 27.3. The van der Waals surface area contributed by atoms with E-state index < -0.39 is 23.8 Å². The fourth-order valence-corrected chi connectivity index (χ4v) is 6.88. The molecule has 246 valence electrons. The molecule has 13 heteroatoms. The summed E-state index contributed by atoms with van der Waals surface area (Å²) in [5.74, 6) is 0.236. The van der Waals surface area contributed by atoms with Crippen LogP contribution in [0.4, 0.5) is 16.6 Å². The van der Waals surface area contributed by atoms with Crippen LogP contribution in [0.3, 0.4) is 0 Å². The highest BCUT2D eigenvalue weighted by Gasteiger charge is 2.49. The van der Waals surface area contributed by atoms with Crippen molar-refractivity contribution in [2.24, 2.45) is 5.92 Å². The average Bonchev–Trinajstić information content (AvgIpc) is 3.27. The first-order valence-electron chi connectivity index (χ1n) is 16.2. The van der Waals surface area contributed by atoms with Crippen molar-refractivity contribution in [2.45, 2.75) is 83.1 Å². The largest absolute Gasteiger partial charge is 0.444 e. The molecule has 2 N–H and O–H groups in total. The van der Waals surface area contributed by atoms with E-state index in [9.17, 15) is 19.5 Å². The second-order valence-corrected chi connectivity index (χ2v) is 13.9. The van der Waals surface area contributed by atoms with Gasteiger partial charge in [-0.1, -0.05) is 25.7 Å². The van der Waals surface area contributed by atoms with E-state index in [2.05, 4.69) is 19.9 Å². The summed E-state index contributed by atoms with van der Waals surface area (Å²) < 4.78 is 7.62. The molecule has 13 nitrogen and oxygen atoms in total. The van der Waals surface area contributed by atoms with Crippen LogP contribution < -0.4 is 5.32 Å². The molecule has 1 aliphatic carbocycles. The molecule has 5 heterocycles. The molecule has 3 aromatic rings. The normalized spacial score (nSPS) is 22.1. The maximum atomic E-state index is 13.5. The number of carbonyl (C=O) groups is 3. The molecule has 1 unspecified atom stereocenters. The highest BCUT2D eigenvalue weighted by molar-refractivity contribution is 5.98. The molecule has 2 bridgehead atoms. The smallest absolute Gasteiger partial charge is 0.410 e. The number of amides is 3. The maximum absolute atomic E-state index is 13.5. The van der Waals surface area contributed by atoms with Crippen LogP contribution >= 0.6 is 0 Å². The zero-order chi connectivity index (χ0) is 32.7. The predicted molar refractivity (Wildman–Crippen MR) is 172 cm³/mol. The van der Waals surface area contributed by atoms with Crippen molar-refractivity contribution in [3.8, 4) is 0 Å². The Hall–Kier alpha value is -4.26. The number of fused-ring (bicyclic) bond motifs is 3. The number of carbonyl (C=O) groups excluding carboxylic acids is 3. The van der Waals surface area contributed by atoms with Gasteiger partial charge in [0.25, 0.3) is 11.8 Å². The van der Waals surface area contributed by atoms with Gasteiger partial charge in [-0.2, -0.15) is 4.98 Å². The SMILES string of the molecule is CN(C)C(=O)c1cc2cnc(Nc3ccc(C(=O)N4C[C@H]5CN(C(=O)OC(C)(C)C)C[C@@H]4C5O)cn3)nc2n1C1CCCCCC1. The van der Waals surface area contributed by atoms with Crippen molar-refractivity contribution in [3.63, 3.8) is 0 Å². The Morgan fingerprint density at radius 1 is 1.00 bits per heavy atom. The van der Waals surface area contributed by atoms with Crippen molar-refractivity contribution >= 4 is 40.7 Å². The third-order valence-electron chi connectivity index (χ3n) is 9.12. The van der Waals surface area contributed by atoms with Gasteiger partial charge in [-0.3, -0.25) is 9.59 Å². The topological polar surface area (TPSA) is 146 Å². The zero-order valence-electron chi connectivity index (χ0n) is 27.3. The van der Waals surface area contributed by atoms with Crippen molar-refractivity contribution in [1.29, 1.82) is 0 Å². The minimum Gasteiger partial charge on any atom is -0.444 e. The van der Waals surface area contributed by atoms with E-state index in [1.807, 2.05) is 26.8 Å². The molecule has 3 aliphatic rings. The van der Waals surface area contributed by atoms with Crippen molar-refractivity contribution < 1.29 is 24.2 Å². The lowest BCUT2D eigenvalue weighted by Crippen LogP contribution is -2.54. The summed E-state index contributed by atoms with van der Waals surface area (Å²) in [6.07, 6.45) is 8.68. The molecule has 0 radical (unpaired) electrons. The van der Waals surface area contributed by atoms with Gasteiger partial charge >= 0.3 is 6.09 Å². The maximum Gasteiger partial charge on any atom is 0.410 e. The second-order valence-electron chi connectivity index (χ2n) is 13.9. The molecule has 0 aromatic carbocycles. The second kappa shape index (κ2) is 12.5. The van der Waals surface area contributed by atoms with Crippen LogP contribution in [-0.2, 0) is 4.74 Å². The van der Waals surface area contributed by atoms with Crippen LogP contribution in [-0.4, -0.2) is 109 Å². The number of pyridine rings is 1. The highest BCUT2D eigenvalue weighted by Crippen LogP contribution is 2.34. The third kappa shape index (κ3) is 6.37. The molecule has 3 fully saturated rings. The monoisotopic (exact) mass is 632 g/mol. The number of nitrogens with zero attached hydrogens (tertiary/aromatic N) is 7. The summed E-state index contributed by atoms with van der Waals surface area (Å²) in [4.78, 5) is 58.0. The van der Waals surface area contributed by atoms with Crippen molar-refractivity contribution in [3.05, 3.63) is 41.9 Å². The Bertz CT molecular complexity index is 1610. The Balaban J connectivity index is 1.18. The van der Waals surface area contributed by atoms with E-state index in [1.165, 1.54) is 19.0 Å². The molecule has 3 amide bonds. The Kier molecular flexibility index (Phi) is 8.62. The number of aliphatic hydroxyl groups excluding tert-OH is 1. The lowest BCUT2D eigenvalue weighted by Gasteiger charge is -2.36. The number of anilines is 2. The fraction of sp³-hybridized carbons (Fsp3) is 0.576. The number of aromatic nitrogens is 4. The van der Waals surface area contributed by atoms with Gasteiger partial charge < -0.3 is 34.4 Å². The van der Waals surface area contributed by atoms with Crippen molar-refractivity contribution in [1.82, 2.24) is 34.2 Å². The van der Waals surface area contributed by atoms with Crippen LogP contribution in [0, 0.1) is 5.92 Å². The van der Waals surface area contributed by atoms with E-state index >= 15 is 0 Å². The van der Waals surface area contributed by atoms with E-state index in [1.54, 1.807) is 47.1 Å². The number of hydrogen-bond acceptors (Lipinski definition) is 9. The molecule has 0 spiro atoms. The number of nitrogens with one attached hydrogen (secondary N) is 1. The van der Waals surface area contributed by atoms with Crippen LogP contribution in [0.25, 0.3) is 11.0 Å². The molecule has 1 saturated carbocycles. The Morgan fingerprint density at radius 3 is 2.39 bits per heavy atom. The van der Waals surface area contributed by atoms with E-state index in [4.69, 9.17) is 9.72 Å². The molecule has 46 heavy (non-hydrogen) atoms. The first-order valence-corrected chi connectivity index (χ1v) is 16.2. The summed E-state index contributed by atoms with van der Waals surface area (Å²) in [7, 11) is 3.51. The summed E-state index contributed by atoms with van der Waals surface area (Å²) in [6, 6.07) is 4.91. The summed E-state index contributed by atoms with van der Waals surface area (Å²) in [5, 5.41) is 14.8. The van der Waals surface area contributed by atoms with Gasteiger partial charge in [-0.25, -0.2) is 14.8 Å². The van der Waals surface area contributed by atoms with Gasteiger partial charge in [0.05, 0.1) is 17.7 Å². The standard InChI is InChI=1S/C33H44N8O5/c1-33(2,3)46-32(45)39-17-22-18-40(25(19-39)27(22)42)29(43)20-12-13-26(34-15-20)36-31-35-16-21-14-24(30(44)38(4)5)41(28(21)37-31)23-10-8-6-7-9-11-23/h12-16,22-23,25,27,42H,6-11,17-19H2,1-5H3,(H,34,35,36,37)/t22-,25-,27?/m1/s1. The molecular formula is C33H44N8O5. The fourth-order valence-electron chi connectivity index (χ4n) is 6.88. The lowest BCUT2D eigenvalue weighted by atomic mass is 9.96. The van der Waals surface area contributed by atoms with Crippen LogP contribution in [0.5, 0.6) is 0 Å². The van der Waals surface area contributed by atoms with E-state index in [0.29, 0.717) is 41.8 Å². The minimum absolute atomic E-state index is 0.0642. The number of aliphatic hydroxyl groups is 1. The summed E-state index contributed by atoms with van der Waals surface area (Å²) in [6.45, 7) is 6.31. The number of ether oxygens (including phenoxy) is 1. The van der Waals surface area contributed by atoms with Crippen LogP contribution in [0.2, 0.25) is 0 Å². The number of hydrogen-bond donors (Lipinski definition) is 2. The lowest BCUT2D eigenvalue weighted by molar-refractivity contribution is -0.00781. The van der Waals surface area contributed by atoms with Crippen LogP contribution in [0.15, 0.2) is 30.6 Å². The molecule has 3 aromatic heterocycles. The van der Waals surface area contributed by atoms with Gasteiger partial charge in [-0.05, 0) is 51.8 Å². The van der Waals surface area contributed by atoms with E-state index in [0.717, 1.165) is 31.1 Å². The molecule has 3 atom stereocenters. The number of likely N-dealkylation sites (tertiary alicyclic amines) is 2. The summed E-state index contributed by atoms with van der Waals surface area (Å²) >= 11 is 0. The molecule has 2 aliphatic heterocycles. The van der Waals surface area contributed by atoms with Gasteiger partial charge in [0.15, 0.2) is 0 Å². The van der Waals surface area contributed by atoms with Crippen LogP contribution in [0.1, 0.15) is 86.2 Å². The predicted octanol–water partition coefficient (Wildman–Crippen LogP) is 4.22. The Labute approximate surface area is 268 Å². The third-order valence-corrected chi connectivity index (χ3v) is 9.12. The van der Waals surface area contributed by atoms with E-state index in [-0.39, 0.29) is 30.3 Å². The molecule has 2 saturated heterocycles. The Morgan fingerprint density at radius 2 is 1.74 bits per heavy atom. The highest BCUT2D eigenvalue weighted by atomic mass is 16.6. The number of piperidine rings is 1. The minimum atomic E-state index is -0.714. The van der Waals surface area contributed by atoms with Gasteiger partial charge in [-0.15, -0.1) is 0 Å². The summed E-state index contributed by atoms with van der Waals surface area (Å²) in [5.41, 5.74) is 1.07. The van der Waals surface area contributed by atoms with Crippen molar-refractivity contribution in [2.75, 3.05) is 39.0 Å². The first kappa shape index (κ1) is 31.7.